The summed E-state index contributed by atoms with van der Waals surface area (Å²) in [6.45, 7) is 1.40. The molecule has 0 aliphatic heterocycles. The minimum absolute atomic E-state index is 0.211. The molecule has 3 rings (SSSR count). The number of carbonyl (C=O) groups excluding carboxylic acids is 2. The highest BCUT2D eigenvalue weighted by Crippen LogP contribution is 2.26. The van der Waals surface area contributed by atoms with E-state index < -0.39 is 0 Å². The monoisotopic (exact) mass is 339 g/mol. The van der Waals surface area contributed by atoms with E-state index in [0.29, 0.717) is 22.0 Å². The zero-order valence-electron chi connectivity index (χ0n) is 12.8. The summed E-state index contributed by atoms with van der Waals surface area (Å²) in [7, 11) is 0. The molecule has 1 aromatic heterocycles. The second-order valence-electron chi connectivity index (χ2n) is 5.21. The van der Waals surface area contributed by atoms with Crippen LogP contribution in [0.25, 0.3) is 10.9 Å². The lowest BCUT2D eigenvalue weighted by atomic mass is 10.1. The molecule has 120 valence electrons. The van der Waals surface area contributed by atoms with Crippen molar-refractivity contribution in [1.29, 1.82) is 0 Å². The fourth-order valence-corrected chi connectivity index (χ4v) is 2.61. The number of nitrogens with zero attached hydrogens (tertiary/aromatic N) is 1. The second-order valence-corrected chi connectivity index (χ2v) is 5.61. The Hall–Kier alpha value is -2.92. The van der Waals surface area contributed by atoms with E-state index in [0.717, 1.165) is 10.9 Å². The van der Waals surface area contributed by atoms with Crippen molar-refractivity contribution in [3.8, 4) is 0 Å². The number of fused-ring (bicyclic) bond motifs is 1. The summed E-state index contributed by atoms with van der Waals surface area (Å²) >= 11 is 6.12. The zero-order valence-corrected chi connectivity index (χ0v) is 13.6. The number of nitrogens with one attached hydrogen (secondary N) is 2. The molecule has 0 bridgehead atoms. The molecule has 0 fully saturated rings. The number of amides is 2. The van der Waals surface area contributed by atoms with Crippen molar-refractivity contribution in [2.24, 2.45) is 0 Å². The van der Waals surface area contributed by atoms with Crippen molar-refractivity contribution in [3.63, 3.8) is 0 Å². The van der Waals surface area contributed by atoms with Crippen LogP contribution in [-0.4, -0.2) is 16.8 Å². The molecule has 24 heavy (non-hydrogen) atoms. The van der Waals surface area contributed by atoms with E-state index in [4.69, 9.17) is 11.6 Å². The van der Waals surface area contributed by atoms with E-state index in [9.17, 15) is 9.59 Å². The molecule has 0 spiro atoms. The van der Waals surface area contributed by atoms with E-state index in [2.05, 4.69) is 15.6 Å². The molecule has 6 heteroatoms. The van der Waals surface area contributed by atoms with Crippen LogP contribution < -0.4 is 10.6 Å². The van der Waals surface area contributed by atoms with E-state index >= 15 is 0 Å². The van der Waals surface area contributed by atoms with Crippen LogP contribution in [0.2, 0.25) is 5.02 Å². The number of carbonyl (C=O) groups is 2. The summed E-state index contributed by atoms with van der Waals surface area (Å²) in [5.41, 5.74) is 2.32. The van der Waals surface area contributed by atoms with Crippen molar-refractivity contribution in [1.82, 2.24) is 4.98 Å². The Morgan fingerprint density at radius 1 is 1.04 bits per heavy atom. The Balaban J connectivity index is 1.86. The minimum atomic E-state index is -0.253. The first-order chi connectivity index (χ1) is 11.5. The van der Waals surface area contributed by atoms with Gasteiger partial charge < -0.3 is 10.6 Å². The van der Waals surface area contributed by atoms with Crippen molar-refractivity contribution >= 4 is 45.7 Å². The van der Waals surface area contributed by atoms with Crippen LogP contribution in [0.5, 0.6) is 0 Å². The molecule has 5 nitrogen and oxygen atoms in total. The molecule has 0 saturated carbocycles. The number of hydrogen-bond acceptors (Lipinski definition) is 3. The average Bonchev–Trinajstić information content (AvgIpc) is 2.56. The number of hydrogen-bond donors (Lipinski definition) is 2. The molecule has 0 aliphatic carbocycles. The van der Waals surface area contributed by atoms with Crippen molar-refractivity contribution in [2.75, 3.05) is 10.6 Å². The van der Waals surface area contributed by atoms with Gasteiger partial charge in [0.15, 0.2) is 0 Å². The van der Waals surface area contributed by atoms with Crippen LogP contribution >= 0.6 is 11.6 Å². The lowest BCUT2D eigenvalue weighted by Crippen LogP contribution is -2.13. The fourth-order valence-electron chi connectivity index (χ4n) is 2.38. The van der Waals surface area contributed by atoms with Gasteiger partial charge >= 0.3 is 0 Å². The van der Waals surface area contributed by atoms with Crippen LogP contribution in [0.1, 0.15) is 17.3 Å². The molecule has 0 radical (unpaired) electrons. The van der Waals surface area contributed by atoms with Crippen LogP contribution in [-0.2, 0) is 4.79 Å². The number of aromatic nitrogens is 1. The molecule has 2 amide bonds. The van der Waals surface area contributed by atoms with E-state index in [-0.39, 0.29) is 11.8 Å². The zero-order chi connectivity index (χ0) is 17.1. The number of pyridine rings is 1. The van der Waals surface area contributed by atoms with Crippen molar-refractivity contribution in [3.05, 3.63) is 65.3 Å². The largest absolute Gasteiger partial charge is 0.325 e. The second kappa shape index (κ2) is 6.68. The van der Waals surface area contributed by atoms with Crippen LogP contribution in [0.15, 0.2) is 54.7 Å². The standard InChI is InChI=1S/C18H14ClN3O2/c1-11(23)21-17-8-7-12(10-15(17)19)22-18(24)14-4-2-6-16-13(14)5-3-9-20-16/h2-10H,1H3,(H,21,23)(H,22,24). The summed E-state index contributed by atoms with van der Waals surface area (Å²) in [6.07, 6.45) is 1.69. The van der Waals surface area contributed by atoms with Gasteiger partial charge in [0.25, 0.3) is 5.91 Å². The highest BCUT2D eigenvalue weighted by Gasteiger charge is 2.11. The number of halogens is 1. The van der Waals surface area contributed by atoms with Crippen LogP contribution in [0.4, 0.5) is 11.4 Å². The quantitative estimate of drug-likeness (QED) is 0.754. The molecular formula is C18H14ClN3O2. The van der Waals surface area contributed by atoms with Gasteiger partial charge in [0, 0.05) is 29.8 Å². The molecule has 2 aromatic carbocycles. The highest BCUT2D eigenvalue weighted by molar-refractivity contribution is 6.34. The van der Waals surface area contributed by atoms with Crippen LogP contribution in [0, 0.1) is 0 Å². The van der Waals surface area contributed by atoms with Gasteiger partial charge in [-0.1, -0.05) is 23.7 Å². The Morgan fingerprint density at radius 3 is 2.62 bits per heavy atom. The predicted octanol–water partition coefficient (Wildman–Crippen LogP) is 4.10. The van der Waals surface area contributed by atoms with E-state index in [1.807, 2.05) is 12.1 Å². The van der Waals surface area contributed by atoms with Gasteiger partial charge in [-0.15, -0.1) is 0 Å². The molecule has 2 N–H and O–H groups in total. The third-order valence-electron chi connectivity index (χ3n) is 3.43. The highest BCUT2D eigenvalue weighted by atomic mass is 35.5. The summed E-state index contributed by atoms with van der Waals surface area (Å²) in [6, 6.07) is 13.9. The molecule has 3 aromatic rings. The van der Waals surface area contributed by atoms with Gasteiger partial charge in [-0.3, -0.25) is 14.6 Å². The molecule has 0 aliphatic rings. The lowest BCUT2D eigenvalue weighted by Gasteiger charge is -2.10. The first kappa shape index (κ1) is 16.0. The lowest BCUT2D eigenvalue weighted by molar-refractivity contribution is -0.114. The van der Waals surface area contributed by atoms with Gasteiger partial charge in [0.2, 0.25) is 5.91 Å². The van der Waals surface area contributed by atoms with Gasteiger partial charge in [0.05, 0.1) is 16.2 Å². The van der Waals surface area contributed by atoms with Gasteiger partial charge in [-0.25, -0.2) is 0 Å². The van der Waals surface area contributed by atoms with Gasteiger partial charge in [-0.05, 0) is 36.4 Å². The number of anilines is 2. The Kier molecular flexibility index (Phi) is 4.44. The molecule has 1 heterocycles. The predicted molar refractivity (Wildman–Crippen MR) is 95.5 cm³/mol. The molecule has 0 unspecified atom stereocenters. The molecule has 0 saturated heterocycles. The van der Waals surface area contributed by atoms with Crippen LogP contribution in [0.3, 0.4) is 0 Å². The Labute approximate surface area is 143 Å². The minimum Gasteiger partial charge on any atom is -0.325 e. The Bertz CT molecular complexity index is 935. The van der Waals surface area contributed by atoms with Crippen molar-refractivity contribution < 1.29 is 9.59 Å². The van der Waals surface area contributed by atoms with E-state index in [1.165, 1.54) is 6.92 Å². The number of rotatable bonds is 3. The van der Waals surface area contributed by atoms with Crippen molar-refractivity contribution in [2.45, 2.75) is 6.92 Å². The summed E-state index contributed by atoms with van der Waals surface area (Å²) in [5, 5.41) is 6.55. The maximum absolute atomic E-state index is 12.6. The Morgan fingerprint density at radius 2 is 1.88 bits per heavy atom. The normalized spacial score (nSPS) is 10.4. The third kappa shape index (κ3) is 3.36. The van der Waals surface area contributed by atoms with Gasteiger partial charge in [-0.2, -0.15) is 0 Å². The van der Waals surface area contributed by atoms with Gasteiger partial charge in [0.1, 0.15) is 0 Å². The summed E-state index contributed by atoms with van der Waals surface area (Å²) < 4.78 is 0. The first-order valence-electron chi connectivity index (χ1n) is 7.27. The number of benzene rings is 2. The topological polar surface area (TPSA) is 71.1 Å². The fraction of sp³-hybridized carbons (Fsp3) is 0.0556. The summed E-state index contributed by atoms with van der Waals surface area (Å²) in [5.74, 6) is -0.464. The smallest absolute Gasteiger partial charge is 0.256 e. The maximum atomic E-state index is 12.6. The SMILES string of the molecule is CC(=O)Nc1ccc(NC(=O)c2cccc3ncccc23)cc1Cl. The molecular weight excluding hydrogens is 326 g/mol. The maximum Gasteiger partial charge on any atom is 0.256 e. The average molecular weight is 340 g/mol. The first-order valence-corrected chi connectivity index (χ1v) is 7.64. The van der Waals surface area contributed by atoms with E-state index in [1.54, 1.807) is 42.6 Å². The summed E-state index contributed by atoms with van der Waals surface area (Å²) in [4.78, 5) is 27.9. The molecule has 0 atom stereocenters. The third-order valence-corrected chi connectivity index (χ3v) is 3.74.